The minimum atomic E-state index is -0.155. The van der Waals surface area contributed by atoms with Gasteiger partial charge in [0.2, 0.25) is 5.91 Å². The Morgan fingerprint density at radius 3 is 2.72 bits per heavy atom. The molecule has 0 unspecified atom stereocenters. The van der Waals surface area contributed by atoms with Crippen LogP contribution in [0.15, 0.2) is 53.6 Å². The number of para-hydroxylation sites is 1. The zero-order chi connectivity index (χ0) is 17.6. The van der Waals surface area contributed by atoms with Crippen molar-refractivity contribution >= 4 is 23.0 Å². The molecule has 0 bridgehead atoms. The van der Waals surface area contributed by atoms with Gasteiger partial charge in [-0.2, -0.15) is 5.10 Å². The fraction of sp³-hybridized carbons (Fsp3) is 0.200. The van der Waals surface area contributed by atoms with Crippen LogP contribution in [-0.4, -0.2) is 23.7 Å². The topological polar surface area (TPSA) is 66.5 Å². The summed E-state index contributed by atoms with van der Waals surface area (Å²) < 4.78 is 5.39. The number of H-pyrrole nitrogens is 1. The normalized spacial score (nSPS) is 11.1. The number of aromatic amines is 1. The van der Waals surface area contributed by atoms with E-state index in [1.807, 2.05) is 62.4 Å². The van der Waals surface area contributed by atoms with E-state index in [-0.39, 0.29) is 12.3 Å². The van der Waals surface area contributed by atoms with Gasteiger partial charge in [0.05, 0.1) is 19.2 Å². The molecular formula is C20H21N3O2. The molecule has 0 radical (unpaired) electrons. The van der Waals surface area contributed by atoms with Gasteiger partial charge in [0.15, 0.2) is 0 Å². The van der Waals surface area contributed by atoms with Gasteiger partial charge in [-0.15, -0.1) is 0 Å². The minimum Gasteiger partial charge on any atom is -0.494 e. The highest BCUT2D eigenvalue weighted by Crippen LogP contribution is 2.19. The summed E-state index contributed by atoms with van der Waals surface area (Å²) in [6.45, 7) is 4.56. The van der Waals surface area contributed by atoms with Gasteiger partial charge in [-0.05, 0) is 37.6 Å². The van der Waals surface area contributed by atoms with Crippen molar-refractivity contribution < 1.29 is 9.53 Å². The van der Waals surface area contributed by atoms with Crippen LogP contribution in [0.4, 0.5) is 0 Å². The molecule has 0 aliphatic carbocycles. The van der Waals surface area contributed by atoms with Gasteiger partial charge in [0, 0.05) is 22.2 Å². The van der Waals surface area contributed by atoms with Gasteiger partial charge < -0.3 is 9.72 Å². The predicted molar refractivity (Wildman–Crippen MR) is 100 cm³/mol. The molecule has 5 nitrogen and oxygen atoms in total. The number of rotatable bonds is 6. The Labute approximate surface area is 146 Å². The van der Waals surface area contributed by atoms with E-state index in [1.165, 1.54) is 0 Å². The summed E-state index contributed by atoms with van der Waals surface area (Å²) in [5.74, 6) is 0.650. The predicted octanol–water partition coefficient (Wildman–Crippen LogP) is 3.57. The van der Waals surface area contributed by atoms with E-state index < -0.39 is 0 Å². The number of hydrazone groups is 1. The highest BCUT2D eigenvalue weighted by Gasteiger charge is 2.06. The molecule has 0 aliphatic rings. The van der Waals surface area contributed by atoms with Gasteiger partial charge >= 0.3 is 0 Å². The van der Waals surface area contributed by atoms with E-state index >= 15 is 0 Å². The van der Waals surface area contributed by atoms with Crippen molar-refractivity contribution in [3.8, 4) is 5.75 Å². The Morgan fingerprint density at radius 2 is 1.96 bits per heavy atom. The largest absolute Gasteiger partial charge is 0.494 e. The fourth-order valence-electron chi connectivity index (χ4n) is 2.73. The van der Waals surface area contributed by atoms with Crippen LogP contribution in [0, 0.1) is 6.92 Å². The number of benzene rings is 2. The summed E-state index contributed by atoms with van der Waals surface area (Å²) in [5, 5.41) is 5.19. The van der Waals surface area contributed by atoms with Crippen LogP contribution in [0.1, 0.15) is 23.7 Å². The van der Waals surface area contributed by atoms with Crippen molar-refractivity contribution in [2.45, 2.75) is 20.3 Å². The molecule has 0 saturated heterocycles. The summed E-state index contributed by atoms with van der Waals surface area (Å²) in [4.78, 5) is 15.3. The van der Waals surface area contributed by atoms with E-state index in [1.54, 1.807) is 6.21 Å². The number of hydrogen-bond donors (Lipinski definition) is 2. The molecule has 0 atom stereocenters. The van der Waals surface area contributed by atoms with Crippen LogP contribution >= 0.6 is 0 Å². The van der Waals surface area contributed by atoms with Gasteiger partial charge in [0.1, 0.15) is 5.75 Å². The molecule has 0 fully saturated rings. The second kappa shape index (κ2) is 7.66. The highest BCUT2D eigenvalue weighted by atomic mass is 16.5. The average Bonchev–Trinajstić information content (AvgIpc) is 2.93. The molecule has 128 valence electrons. The molecule has 1 heterocycles. The quantitative estimate of drug-likeness (QED) is 0.534. The number of fused-ring (bicyclic) bond motifs is 1. The van der Waals surface area contributed by atoms with Crippen LogP contribution < -0.4 is 10.2 Å². The second-order valence-electron chi connectivity index (χ2n) is 5.76. The molecule has 3 aromatic rings. The smallest absolute Gasteiger partial charge is 0.244 e. The van der Waals surface area contributed by atoms with Crippen LogP contribution in [0.3, 0.4) is 0 Å². The van der Waals surface area contributed by atoms with Crippen molar-refractivity contribution in [2.24, 2.45) is 5.10 Å². The van der Waals surface area contributed by atoms with Crippen LogP contribution in [-0.2, 0) is 11.2 Å². The number of amides is 1. The standard InChI is InChI=1S/C20H21N3O2/c1-3-25-16-10-8-15(9-11-16)12-20(24)23-21-13-18-14(2)22-19-7-5-4-6-17(18)19/h4-11,13,22H,3,12H2,1-2H3,(H,23,24)/b21-13-. The summed E-state index contributed by atoms with van der Waals surface area (Å²) >= 11 is 0. The average molecular weight is 335 g/mol. The molecule has 25 heavy (non-hydrogen) atoms. The molecule has 1 aromatic heterocycles. The highest BCUT2D eigenvalue weighted by molar-refractivity contribution is 6.00. The number of carbonyl (C=O) groups is 1. The number of aromatic nitrogens is 1. The monoisotopic (exact) mass is 335 g/mol. The second-order valence-corrected chi connectivity index (χ2v) is 5.76. The Hall–Kier alpha value is -3.08. The maximum atomic E-state index is 12.0. The summed E-state index contributed by atoms with van der Waals surface area (Å²) in [6, 6.07) is 15.5. The maximum absolute atomic E-state index is 12.0. The van der Waals surface area contributed by atoms with Gasteiger partial charge in [-0.3, -0.25) is 4.79 Å². The third kappa shape index (κ3) is 4.07. The number of nitrogens with zero attached hydrogens (tertiary/aromatic N) is 1. The van der Waals surface area contributed by atoms with Gasteiger partial charge in [0.25, 0.3) is 0 Å². The lowest BCUT2D eigenvalue weighted by atomic mass is 10.1. The third-order valence-corrected chi connectivity index (χ3v) is 3.93. The lowest BCUT2D eigenvalue weighted by Gasteiger charge is -2.04. The number of hydrogen-bond acceptors (Lipinski definition) is 3. The summed E-state index contributed by atoms with van der Waals surface area (Å²) in [6.07, 6.45) is 1.96. The zero-order valence-corrected chi connectivity index (χ0v) is 14.4. The Kier molecular flexibility index (Phi) is 5.14. The lowest BCUT2D eigenvalue weighted by Crippen LogP contribution is -2.19. The Balaban J connectivity index is 1.61. The van der Waals surface area contributed by atoms with E-state index in [9.17, 15) is 4.79 Å². The third-order valence-electron chi connectivity index (χ3n) is 3.93. The van der Waals surface area contributed by atoms with Crippen molar-refractivity contribution in [1.29, 1.82) is 0 Å². The van der Waals surface area contributed by atoms with E-state index in [0.29, 0.717) is 6.61 Å². The van der Waals surface area contributed by atoms with E-state index in [4.69, 9.17) is 4.74 Å². The first-order valence-corrected chi connectivity index (χ1v) is 8.28. The van der Waals surface area contributed by atoms with Crippen LogP contribution in [0.2, 0.25) is 0 Å². The van der Waals surface area contributed by atoms with Crippen molar-refractivity contribution in [2.75, 3.05) is 6.61 Å². The molecule has 1 amide bonds. The van der Waals surface area contributed by atoms with E-state index in [0.717, 1.165) is 33.5 Å². The first-order valence-electron chi connectivity index (χ1n) is 8.28. The molecule has 0 spiro atoms. The number of carbonyl (C=O) groups excluding carboxylic acids is 1. The SMILES string of the molecule is CCOc1ccc(CC(=O)N/N=C\c2c(C)[nH]c3ccccc23)cc1. The van der Waals surface area contributed by atoms with Crippen molar-refractivity contribution in [1.82, 2.24) is 10.4 Å². The van der Waals surface area contributed by atoms with Gasteiger partial charge in [-0.1, -0.05) is 30.3 Å². The van der Waals surface area contributed by atoms with E-state index in [2.05, 4.69) is 15.5 Å². The summed E-state index contributed by atoms with van der Waals surface area (Å²) in [5.41, 5.74) is 6.56. The lowest BCUT2D eigenvalue weighted by molar-refractivity contribution is -0.120. The zero-order valence-electron chi connectivity index (χ0n) is 14.4. The first-order chi connectivity index (χ1) is 12.2. The number of aryl methyl sites for hydroxylation is 1. The molecule has 0 saturated carbocycles. The summed E-state index contributed by atoms with van der Waals surface area (Å²) in [7, 11) is 0. The Bertz CT molecular complexity index is 895. The fourth-order valence-corrected chi connectivity index (χ4v) is 2.73. The first kappa shape index (κ1) is 16.8. The molecule has 0 aliphatic heterocycles. The van der Waals surface area contributed by atoms with Gasteiger partial charge in [-0.25, -0.2) is 5.43 Å². The molecule has 2 N–H and O–H groups in total. The number of ether oxygens (including phenoxy) is 1. The van der Waals surface area contributed by atoms with Crippen LogP contribution in [0.5, 0.6) is 5.75 Å². The Morgan fingerprint density at radius 1 is 1.20 bits per heavy atom. The van der Waals surface area contributed by atoms with Crippen LogP contribution in [0.25, 0.3) is 10.9 Å². The number of nitrogens with one attached hydrogen (secondary N) is 2. The molecule has 3 rings (SSSR count). The van der Waals surface area contributed by atoms with Crippen molar-refractivity contribution in [3.05, 3.63) is 65.4 Å². The maximum Gasteiger partial charge on any atom is 0.244 e. The minimum absolute atomic E-state index is 0.155. The molecule has 2 aromatic carbocycles. The molecule has 5 heteroatoms. The van der Waals surface area contributed by atoms with Crippen molar-refractivity contribution in [3.63, 3.8) is 0 Å². The molecular weight excluding hydrogens is 314 g/mol.